The first-order valence-corrected chi connectivity index (χ1v) is 9.96. The molecule has 154 valence electrons. The van der Waals surface area contributed by atoms with Crippen LogP contribution in [0.2, 0.25) is 5.02 Å². The number of aliphatic hydroxyl groups is 1. The summed E-state index contributed by atoms with van der Waals surface area (Å²) in [4.78, 5) is 0. The van der Waals surface area contributed by atoms with Crippen molar-refractivity contribution in [3.63, 3.8) is 0 Å². The zero-order chi connectivity index (χ0) is 21.2. The highest BCUT2D eigenvalue weighted by atomic mass is 35.5. The molecule has 2 N–H and O–H groups in total. The number of halogens is 3. The van der Waals surface area contributed by atoms with Gasteiger partial charge in [-0.15, -0.1) is 0 Å². The molecule has 1 fully saturated rings. The second-order valence-corrected chi connectivity index (χ2v) is 7.94. The quantitative estimate of drug-likeness (QED) is 0.318. The molecule has 1 saturated carbocycles. The van der Waals surface area contributed by atoms with Crippen molar-refractivity contribution in [1.82, 2.24) is 0 Å². The lowest BCUT2D eigenvalue weighted by Crippen LogP contribution is -2.27. The van der Waals surface area contributed by atoms with Crippen molar-refractivity contribution in [3.8, 4) is 11.5 Å². The maximum Gasteiger partial charge on any atom is 0.408 e. The van der Waals surface area contributed by atoms with E-state index in [4.69, 9.17) is 26.5 Å². The monoisotopic (exact) mass is 439 g/mol. The molecule has 2 aromatic carbocycles. The standard InChI is InChI=1S/C21H21ClF2NO3P/c1-12(13-9-10-13)18(20(26)27-15-6-4-5-14(22)11-15)19(25)16-7-2-3-8-17(16)28-21(23,24)29/h2-8,11,13,20,25-26H,9-10,29H2,1H3/b18-12-,25-19?. The smallest absolute Gasteiger partial charge is 0.408 e. The third-order valence-corrected chi connectivity index (χ3v) is 4.93. The molecule has 2 aromatic rings. The summed E-state index contributed by atoms with van der Waals surface area (Å²) in [7, 11) is 1.31. The van der Waals surface area contributed by atoms with Crippen molar-refractivity contribution in [1.29, 1.82) is 5.41 Å². The molecule has 29 heavy (non-hydrogen) atoms. The first-order chi connectivity index (χ1) is 13.7. The summed E-state index contributed by atoms with van der Waals surface area (Å²) in [5.74, 6) is -3.09. The van der Waals surface area contributed by atoms with Crippen LogP contribution >= 0.6 is 20.8 Å². The average Bonchev–Trinajstić information content (AvgIpc) is 3.46. The lowest BCUT2D eigenvalue weighted by Gasteiger charge is -2.23. The molecule has 0 bridgehead atoms. The third kappa shape index (κ3) is 5.75. The van der Waals surface area contributed by atoms with E-state index in [1.54, 1.807) is 36.4 Å². The lowest BCUT2D eigenvalue weighted by atomic mass is 9.95. The molecule has 0 radical (unpaired) electrons. The van der Waals surface area contributed by atoms with E-state index in [0.29, 0.717) is 10.8 Å². The summed E-state index contributed by atoms with van der Waals surface area (Å²) >= 11 is 5.97. The molecule has 0 spiro atoms. The molecule has 4 nitrogen and oxygen atoms in total. The van der Waals surface area contributed by atoms with Gasteiger partial charge < -0.3 is 14.6 Å². The van der Waals surface area contributed by atoms with Gasteiger partial charge >= 0.3 is 5.85 Å². The Labute approximate surface area is 175 Å². The first kappa shape index (κ1) is 21.7. The minimum absolute atomic E-state index is 0.131. The van der Waals surface area contributed by atoms with Crippen LogP contribution < -0.4 is 9.47 Å². The van der Waals surface area contributed by atoms with Gasteiger partial charge in [0.2, 0.25) is 6.29 Å². The number of aliphatic hydroxyl groups excluding tert-OH is 1. The summed E-state index contributed by atoms with van der Waals surface area (Å²) < 4.78 is 37.1. The Kier molecular flexibility index (Phi) is 6.57. The highest BCUT2D eigenvalue weighted by Crippen LogP contribution is 2.40. The van der Waals surface area contributed by atoms with Crippen molar-refractivity contribution < 1.29 is 23.4 Å². The molecule has 0 heterocycles. The maximum atomic E-state index is 13.4. The van der Waals surface area contributed by atoms with Gasteiger partial charge in [0.05, 0.1) is 5.71 Å². The Bertz CT molecular complexity index is 942. The van der Waals surface area contributed by atoms with E-state index < -0.39 is 12.1 Å². The molecule has 2 atom stereocenters. The molecule has 0 aromatic heterocycles. The zero-order valence-corrected chi connectivity index (χ0v) is 17.6. The average molecular weight is 440 g/mol. The van der Waals surface area contributed by atoms with Gasteiger partial charge in [0, 0.05) is 16.2 Å². The minimum Gasteiger partial charge on any atom is -0.461 e. The van der Waals surface area contributed by atoms with E-state index in [9.17, 15) is 13.9 Å². The van der Waals surface area contributed by atoms with Crippen LogP contribution in [0, 0.1) is 11.3 Å². The SMILES string of the molecule is C/C(=C(\C(=N)c1ccccc1OC(F)(F)P)C(O)Oc1cccc(Cl)c1)C1CC1. The van der Waals surface area contributed by atoms with Gasteiger partial charge in [-0.2, -0.15) is 8.78 Å². The molecule has 0 amide bonds. The summed E-state index contributed by atoms with van der Waals surface area (Å²) in [5, 5.41) is 19.9. The predicted octanol–water partition coefficient (Wildman–Crippen LogP) is 5.64. The van der Waals surface area contributed by atoms with Crippen molar-refractivity contribution in [2.45, 2.75) is 31.9 Å². The normalized spacial score (nSPS) is 16.1. The fourth-order valence-electron chi connectivity index (χ4n) is 3.03. The van der Waals surface area contributed by atoms with E-state index in [1.165, 1.54) is 21.4 Å². The van der Waals surface area contributed by atoms with E-state index in [-0.39, 0.29) is 28.5 Å². The second-order valence-electron chi connectivity index (χ2n) is 6.83. The number of para-hydroxylation sites is 1. The highest BCUT2D eigenvalue weighted by Gasteiger charge is 2.32. The molecule has 2 unspecified atom stereocenters. The number of allylic oxidation sites excluding steroid dienone is 1. The van der Waals surface area contributed by atoms with Gasteiger partial charge in [0.15, 0.2) is 0 Å². The van der Waals surface area contributed by atoms with Crippen molar-refractivity contribution in [3.05, 3.63) is 70.3 Å². The van der Waals surface area contributed by atoms with Crippen LogP contribution in [0.3, 0.4) is 0 Å². The Morgan fingerprint density at radius 3 is 2.55 bits per heavy atom. The Morgan fingerprint density at radius 1 is 1.24 bits per heavy atom. The van der Waals surface area contributed by atoms with Crippen LogP contribution in [0.15, 0.2) is 59.7 Å². The maximum absolute atomic E-state index is 13.4. The highest BCUT2D eigenvalue weighted by molar-refractivity contribution is 7.17. The number of hydrogen-bond acceptors (Lipinski definition) is 4. The van der Waals surface area contributed by atoms with Crippen LogP contribution in [-0.4, -0.2) is 23.0 Å². The van der Waals surface area contributed by atoms with Gasteiger partial charge in [0.25, 0.3) is 0 Å². The number of hydrogen-bond donors (Lipinski definition) is 2. The first-order valence-electron chi connectivity index (χ1n) is 9.00. The molecule has 3 rings (SSSR count). The number of benzene rings is 2. The van der Waals surface area contributed by atoms with Crippen LogP contribution in [0.1, 0.15) is 25.3 Å². The predicted molar refractivity (Wildman–Crippen MR) is 112 cm³/mol. The molecule has 0 saturated heterocycles. The van der Waals surface area contributed by atoms with Crippen LogP contribution in [0.25, 0.3) is 0 Å². The van der Waals surface area contributed by atoms with E-state index in [1.807, 2.05) is 6.92 Å². The molecule has 0 aliphatic heterocycles. The van der Waals surface area contributed by atoms with Gasteiger partial charge in [-0.05, 0) is 65.3 Å². The molecule has 1 aliphatic carbocycles. The van der Waals surface area contributed by atoms with Gasteiger partial charge in [-0.1, -0.05) is 35.4 Å². The summed E-state index contributed by atoms with van der Waals surface area (Å²) in [5.41, 5.74) is 1.03. The molecule has 1 aliphatic rings. The number of alkyl halides is 2. The van der Waals surface area contributed by atoms with E-state index in [0.717, 1.165) is 18.4 Å². The topological polar surface area (TPSA) is 62.5 Å². The van der Waals surface area contributed by atoms with Crippen molar-refractivity contribution in [2.75, 3.05) is 0 Å². The van der Waals surface area contributed by atoms with Gasteiger partial charge in [-0.3, -0.25) is 5.41 Å². The summed E-state index contributed by atoms with van der Waals surface area (Å²) in [6.07, 6.45) is 0.411. The van der Waals surface area contributed by atoms with Crippen LogP contribution in [0.4, 0.5) is 8.78 Å². The minimum atomic E-state index is -3.48. The molecular formula is C21H21ClF2NO3P. The lowest BCUT2D eigenvalue weighted by molar-refractivity contribution is -0.0893. The number of ether oxygens (including phenoxy) is 2. The summed E-state index contributed by atoms with van der Waals surface area (Å²) in [6, 6.07) is 12.5. The third-order valence-electron chi connectivity index (χ3n) is 4.58. The Morgan fingerprint density at radius 2 is 1.93 bits per heavy atom. The molecular weight excluding hydrogens is 419 g/mol. The fourth-order valence-corrected chi connectivity index (χ4v) is 3.34. The van der Waals surface area contributed by atoms with Crippen LogP contribution in [-0.2, 0) is 0 Å². The number of rotatable bonds is 8. The Balaban J connectivity index is 1.96. The largest absolute Gasteiger partial charge is 0.461 e. The van der Waals surface area contributed by atoms with E-state index in [2.05, 4.69) is 0 Å². The zero-order valence-electron chi connectivity index (χ0n) is 15.7. The Hall–Kier alpha value is -2.01. The summed E-state index contributed by atoms with van der Waals surface area (Å²) in [6.45, 7) is 1.82. The number of nitrogens with one attached hydrogen (secondary N) is 1. The van der Waals surface area contributed by atoms with Gasteiger partial charge in [-0.25, -0.2) is 0 Å². The second kappa shape index (κ2) is 8.78. The van der Waals surface area contributed by atoms with E-state index >= 15 is 0 Å². The van der Waals surface area contributed by atoms with Crippen molar-refractivity contribution >= 4 is 26.6 Å². The van der Waals surface area contributed by atoms with Crippen molar-refractivity contribution in [2.24, 2.45) is 5.92 Å². The van der Waals surface area contributed by atoms with Crippen LogP contribution in [0.5, 0.6) is 11.5 Å². The van der Waals surface area contributed by atoms with Gasteiger partial charge in [0.1, 0.15) is 11.5 Å². The fraction of sp³-hybridized carbons (Fsp3) is 0.286. The molecule has 8 heteroatoms.